The minimum Gasteiger partial charge on any atom is -0.478 e. The summed E-state index contributed by atoms with van der Waals surface area (Å²) in [6, 6.07) is 14.4. The topological polar surface area (TPSA) is 74.7 Å². The zero-order valence-electron chi connectivity index (χ0n) is 16.0. The van der Waals surface area contributed by atoms with Gasteiger partial charge in [-0.15, -0.1) is 0 Å². The lowest BCUT2D eigenvalue weighted by Crippen LogP contribution is -2.34. The maximum absolute atomic E-state index is 12.4. The molecule has 28 heavy (non-hydrogen) atoms. The molecule has 0 aliphatic heterocycles. The zero-order chi connectivity index (χ0) is 20.6. The number of carboxylic acids is 1. The number of nitrogens with zero attached hydrogens (tertiary/aromatic N) is 1. The van der Waals surface area contributed by atoms with Crippen molar-refractivity contribution in [2.24, 2.45) is 0 Å². The van der Waals surface area contributed by atoms with Crippen LogP contribution in [-0.4, -0.2) is 42.6 Å². The third-order valence-corrected chi connectivity index (χ3v) is 6.68. The van der Waals surface area contributed by atoms with Crippen molar-refractivity contribution in [2.75, 3.05) is 18.8 Å². The molecule has 0 amide bonds. The van der Waals surface area contributed by atoms with Gasteiger partial charge in [-0.25, -0.2) is 17.5 Å². The molecule has 2 aromatic rings. The van der Waals surface area contributed by atoms with Crippen LogP contribution in [0.3, 0.4) is 0 Å². The van der Waals surface area contributed by atoms with E-state index >= 15 is 0 Å². The quantitative estimate of drug-likeness (QED) is 0.586. The van der Waals surface area contributed by atoms with Crippen molar-refractivity contribution in [1.29, 1.82) is 0 Å². The predicted molar refractivity (Wildman–Crippen MR) is 113 cm³/mol. The first-order chi connectivity index (χ1) is 13.3. The number of carboxylic acid groups (broad SMARTS) is 1. The van der Waals surface area contributed by atoms with Gasteiger partial charge in [0.2, 0.25) is 10.0 Å². The molecule has 5 nitrogen and oxygen atoms in total. The van der Waals surface area contributed by atoms with Crippen molar-refractivity contribution in [2.45, 2.75) is 32.6 Å². The molecule has 0 spiro atoms. The molecular weight excluding hydrogens is 398 g/mol. The maximum Gasteiger partial charge on any atom is 0.335 e. The molecule has 0 aromatic heterocycles. The van der Waals surface area contributed by atoms with Gasteiger partial charge in [0, 0.05) is 18.1 Å². The van der Waals surface area contributed by atoms with Gasteiger partial charge in [0.15, 0.2) is 0 Å². The van der Waals surface area contributed by atoms with Crippen LogP contribution in [0, 0.1) is 0 Å². The highest BCUT2D eigenvalue weighted by atomic mass is 35.5. The van der Waals surface area contributed by atoms with Gasteiger partial charge >= 0.3 is 5.97 Å². The van der Waals surface area contributed by atoms with Crippen LogP contribution in [0.25, 0.3) is 0 Å². The Bertz CT molecular complexity index is 899. The van der Waals surface area contributed by atoms with E-state index in [0.717, 1.165) is 17.5 Å². The van der Waals surface area contributed by atoms with E-state index in [2.05, 4.69) is 0 Å². The molecule has 2 rings (SSSR count). The molecule has 0 saturated heterocycles. The molecule has 7 heteroatoms. The van der Waals surface area contributed by atoms with E-state index in [-0.39, 0.29) is 11.3 Å². The van der Waals surface area contributed by atoms with E-state index in [0.29, 0.717) is 37.4 Å². The molecule has 0 aliphatic carbocycles. The number of hydrogen-bond donors (Lipinski definition) is 1. The molecule has 0 heterocycles. The number of aromatic carboxylic acids is 1. The Hall–Kier alpha value is -1.89. The summed E-state index contributed by atoms with van der Waals surface area (Å²) in [5.74, 6) is -0.892. The Balaban J connectivity index is 1.92. The van der Waals surface area contributed by atoms with Gasteiger partial charge < -0.3 is 5.11 Å². The van der Waals surface area contributed by atoms with Crippen LogP contribution < -0.4 is 0 Å². The van der Waals surface area contributed by atoms with Crippen LogP contribution in [0.2, 0.25) is 5.02 Å². The Labute approximate surface area is 172 Å². The van der Waals surface area contributed by atoms with Crippen molar-refractivity contribution >= 4 is 27.6 Å². The molecule has 2 aromatic carbocycles. The number of halogens is 1. The lowest BCUT2D eigenvalue weighted by Gasteiger charge is -2.21. The van der Waals surface area contributed by atoms with Crippen molar-refractivity contribution in [3.05, 3.63) is 70.2 Å². The van der Waals surface area contributed by atoms with Gasteiger partial charge in [0.05, 0.1) is 11.3 Å². The first-order valence-electron chi connectivity index (χ1n) is 9.36. The summed E-state index contributed by atoms with van der Waals surface area (Å²) in [5, 5.41) is 9.75. The number of benzene rings is 2. The minimum absolute atomic E-state index is 0.0681. The van der Waals surface area contributed by atoms with Crippen molar-refractivity contribution in [3.63, 3.8) is 0 Å². The predicted octanol–water partition coefficient (Wildman–Crippen LogP) is 4.26. The smallest absolute Gasteiger partial charge is 0.335 e. The highest BCUT2D eigenvalue weighted by Gasteiger charge is 2.19. The minimum atomic E-state index is -3.29. The summed E-state index contributed by atoms with van der Waals surface area (Å²) in [6.45, 7) is 2.52. The Morgan fingerprint density at radius 2 is 1.57 bits per heavy atom. The van der Waals surface area contributed by atoms with Gasteiger partial charge in [-0.2, -0.15) is 0 Å². The number of rotatable bonds is 11. The first kappa shape index (κ1) is 22.4. The second kappa shape index (κ2) is 10.6. The highest BCUT2D eigenvalue weighted by molar-refractivity contribution is 7.89. The van der Waals surface area contributed by atoms with Crippen molar-refractivity contribution in [3.8, 4) is 0 Å². The lowest BCUT2D eigenvalue weighted by molar-refractivity contribution is 0.0696. The summed E-state index contributed by atoms with van der Waals surface area (Å²) < 4.78 is 26.4. The number of sulfonamides is 1. The van der Waals surface area contributed by atoms with Gasteiger partial charge in [0.1, 0.15) is 0 Å². The lowest BCUT2D eigenvalue weighted by atomic mass is 10.1. The molecule has 152 valence electrons. The third kappa shape index (κ3) is 6.93. The van der Waals surface area contributed by atoms with Crippen molar-refractivity contribution < 1.29 is 18.3 Å². The standard InChI is InChI=1S/C21H26ClNO4S/c1-2-28(26,27)23(14-6-10-18-8-4-12-20(22)16-18)13-5-9-17-7-3-11-19(15-17)21(24)25/h3-4,7-8,11-12,15-16H,2,5-6,9-10,13-14H2,1H3,(H,24,25). The van der Waals surface area contributed by atoms with Crippen LogP contribution in [-0.2, 0) is 22.9 Å². The van der Waals surface area contributed by atoms with Crippen LogP contribution in [0.1, 0.15) is 41.3 Å². The van der Waals surface area contributed by atoms with E-state index in [9.17, 15) is 13.2 Å². The fraction of sp³-hybridized carbons (Fsp3) is 0.381. The normalized spacial score (nSPS) is 11.7. The van der Waals surface area contributed by atoms with E-state index in [1.807, 2.05) is 30.3 Å². The van der Waals surface area contributed by atoms with Crippen LogP contribution in [0.15, 0.2) is 48.5 Å². The van der Waals surface area contributed by atoms with E-state index in [1.54, 1.807) is 29.4 Å². The number of hydrogen-bond acceptors (Lipinski definition) is 3. The highest BCUT2D eigenvalue weighted by Crippen LogP contribution is 2.14. The molecule has 0 unspecified atom stereocenters. The summed E-state index contributed by atoms with van der Waals surface area (Å²) >= 11 is 6.00. The largest absolute Gasteiger partial charge is 0.478 e. The van der Waals surface area contributed by atoms with Gasteiger partial charge in [0.25, 0.3) is 0 Å². The molecule has 0 bridgehead atoms. The molecule has 0 radical (unpaired) electrons. The van der Waals surface area contributed by atoms with Gasteiger partial charge in [-0.05, 0) is 68.0 Å². The fourth-order valence-electron chi connectivity index (χ4n) is 3.04. The Morgan fingerprint density at radius 3 is 2.11 bits per heavy atom. The van der Waals surface area contributed by atoms with E-state index in [1.165, 1.54) is 0 Å². The molecular formula is C21H26ClNO4S. The number of carbonyl (C=O) groups is 1. The zero-order valence-corrected chi connectivity index (χ0v) is 17.5. The van der Waals surface area contributed by atoms with E-state index in [4.69, 9.17) is 16.7 Å². The SMILES string of the molecule is CCS(=O)(=O)N(CCCc1cccc(Cl)c1)CCCc1cccc(C(=O)O)c1. The van der Waals surface area contributed by atoms with Crippen LogP contribution in [0.5, 0.6) is 0 Å². The summed E-state index contributed by atoms with van der Waals surface area (Å²) in [4.78, 5) is 11.1. The van der Waals surface area contributed by atoms with E-state index < -0.39 is 16.0 Å². The van der Waals surface area contributed by atoms with Gasteiger partial charge in [-0.3, -0.25) is 0 Å². The second-order valence-corrected chi connectivity index (χ2v) is 9.34. The van der Waals surface area contributed by atoms with Crippen LogP contribution >= 0.6 is 11.6 Å². The molecule has 0 atom stereocenters. The summed E-state index contributed by atoms with van der Waals surface area (Å²) in [6.07, 6.45) is 2.75. The average Bonchev–Trinajstić information content (AvgIpc) is 2.67. The summed E-state index contributed by atoms with van der Waals surface area (Å²) in [7, 11) is -3.29. The third-order valence-electron chi connectivity index (χ3n) is 4.57. The Kier molecular flexibility index (Phi) is 8.48. The molecule has 0 fully saturated rings. The molecule has 1 N–H and O–H groups in total. The summed E-state index contributed by atoms with van der Waals surface area (Å²) in [5.41, 5.74) is 2.23. The average molecular weight is 424 g/mol. The molecule has 0 saturated carbocycles. The monoisotopic (exact) mass is 423 g/mol. The first-order valence-corrected chi connectivity index (χ1v) is 11.3. The van der Waals surface area contributed by atoms with Gasteiger partial charge in [-0.1, -0.05) is 35.9 Å². The van der Waals surface area contributed by atoms with Crippen LogP contribution in [0.4, 0.5) is 0 Å². The number of aryl methyl sites for hydroxylation is 2. The molecule has 0 aliphatic rings. The maximum atomic E-state index is 12.4. The second-order valence-electron chi connectivity index (χ2n) is 6.64. The Morgan fingerprint density at radius 1 is 1.00 bits per heavy atom. The van der Waals surface area contributed by atoms with Crippen molar-refractivity contribution in [1.82, 2.24) is 4.31 Å². The fourth-order valence-corrected chi connectivity index (χ4v) is 4.44.